The molecule has 1 heterocycles. The van der Waals surface area contributed by atoms with E-state index in [1.54, 1.807) is 0 Å². The summed E-state index contributed by atoms with van der Waals surface area (Å²) in [6.45, 7) is 6.13. The number of hydrogen-bond donors (Lipinski definition) is 1. The minimum absolute atomic E-state index is 0.120. The smallest absolute Gasteiger partial charge is 0.259 e. The molecule has 0 aromatic carbocycles. The second-order valence-corrected chi connectivity index (χ2v) is 8.44. The average molecular weight is 288 g/mol. The van der Waals surface area contributed by atoms with Crippen molar-refractivity contribution >= 4 is 15.9 Å². The Bertz CT molecular complexity index is 451. The van der Waals surface area contributed by atoms with Crippen molar-refractivity contribution in [3.05, 3.63) is 0 Å². The number of carbonyl (C=O) groups excluding carboxylic acids is 1. The molecule has 0 aromatic rings. The molecule has 6 heteroatoms. The predicted octanol–water partition coefficient (Wildman–Crippen LogP) is 1.25. The second-order valence-electron chi connectivity index (χ2n) is 6.08. The first-order valence-electron chi connectivity index (χ1n) is 7.14. The quantitative estimate of drug-likeness (QED) is 0.845. The topological polar surface area (TPSA) is 66.5 Å². The van der Waals surface area contributed by atoms with Gasteiger partial charge in [0.05, 0.1) is 0 Å². The van der Waals surface area contributed by atoms with E-state index in [1.165, 1.54) is 13.8 Å². The van der Waals surface area contributed by atoms with Gasteiger partial charge in [0.15, 0.2) is 4.75 Å². The van der Waals surface area contributed by atoms with E-state index in [0.29, 0.717) is 6.04 Å². The Balaban J connectivity index is 1.95. The fraction of sp³-hybridized carbons (Fsp3) is 0.923. The van der Waals surface area contributed by atoms with Gasteiger partial charge in [-0.1, -0.05) is 6.92 Å². The van der Waals surface area contributed by atoms with Crippen LogP contribution >= 0.6 is 0 Å². The Morgan fingerprint density at radius 2 is 1.84 bits per heavy atom. The summed E-state index contributed by atoms with van der Waals surface area (Å²) in [5.74, 6) is -0.238. The maximum Gasteiger partial charge on any atom is 0.259 e. The summed E-state index contributed by atoms with van der Waals surface area (Å²) >= 11 is 0. The van der Waals surface area contributed by atoms with Crippen molar-refractivity contribution in [1.29, 1.82) is 0 Å². The number of nitrogens with zero attached hydrogens (tertiary/aromatic N) is 1. The molecule has 1 N–H and O–H groups in total. The van der Waals surface area contributed by atoms with E-state index in [4.69, 9.17) is 0 Å². The van der Waals surface area contributed by atoms with Gasteiger partial charge in [-0.05, 0) is 52.5 Å². The standard InChI is InChI=1S/C13H24N2O3S/c1-4-9-14-10-5-7-11(8-6-10)15-12(16)13(2,3)19(15,17)18/h10-11,14H,4-9H2,1-3H3. The van der Waals surface area contributed by atoms with Gasteiger partial charge in [0.1, 0.15) is 0 Å². The van der Waals surface area contributed by atoms with Crippen molar-refractivity contribution in [3.8, 4) is 0 Å². The fourth-order valence-corrected chi connectivity index (χ4v) is 4.65. The molecular formula is C13H24N2O3S. The van der Waals surface area contributed by atoms with Gasteiger partial charge < -0.3 is 5.32 Å². The van der Waals surface area contributed by atoms with Crippen LogP contribution in [0.15, 0.2) is 0 Å². The number of amides is 1. The van der Waals surface area contributed by atoms with Gasteiger partial charge in [-0.2, -0.15) is 0 Å². The lowest BCUT2D eigenvalue weighted by Crippen LogP contribution is -2.70. The van der Waals surface area contributed by atoms with Crippen molar-refractivity contribution in [1.82, 2.24) is 9.62 Å². The molecular weight excluding hydrogens is 264 g/mol. The Kier molecular flexibility index (Phi) is 3.93. The highest BCUT2D eigenvalue weighted by Gasteiger charge is 2.62. The summed E-state index contributed by atoms with van der Waals surface area (Å²) in [5.41, 5.74) is 0. The molecule has 1 saturated heterocycles. The third-order valence-electron chi connectivity index (χ3n) is 4.33. The monoisotopic (exact) mass is 288 g/mol. The zero-order chi connectivity index (χ0) is 14.3. The van der Waals surface area contributed by atoms with E-state index >= 15 is 0 Å². The van der Waals surface area contributed by atoms with E-state index in [1.807, 2.05) is 0 Å². The maximum atomic E-state index is 12.1. The average Bonchev–Trinajstić information content (AvgIpc) is 2.37. The van der Waals surface area contributed by atoms with Crippen molar-refractivity contribution in [2.45, 2.75) is 69.7 Å². The van der Waals surface area contributed by atoms with Gasteiger partial charge in [-0.3, -0.25) is 4.79 Å². The van der Waals surface area contributed by atoms with E-state index in [-0.39, 0.29) is 11.9 Å². The third kappa shape index (κ3) is 2.29. The zero-order valence-electron chi connectivity index (χ0n) is 12.0. The predicted molar refractivity (Wildman–Crippen MR) is 74.2 cm³/mol. The minimum Gasteiger partial charge on any atom is -0.314 e. The molecule has 0 radical (unpaired) electrons. The lowest BCUT2D eigenvalue weighted by molar-refractivity contribution is -0.134. The normalized spacial score (nSPS) is 33.0. The number of sulfonamides is 1. The Morgan fingerprint density at radius 3 is 2.32 bits per heavy atom. The molecule has 0 spiro atoms. The van der Waals surface area contributed by atoms with Gasteiger partial charge >= 0.3 is 0 Å². The van der Waals surface area contributed by atoms with Crippen LogP contribution < -0.4 is 5.32 Å². The van der Waals surface area contributed by atoms with Gasteiger partial charge in [-0.25, -0.2) is 12.7 Å². The summed E-state index contributed by atoms with van der Waals surface area (Å²) in [5, 5.41) is 3.46. The number of rotatable bonds is 4. The number of nitrogens with one attached hydrogen (secondary N) is 1. The van der Waals surface area contributed by atoms with Crippen LogP contribution in [-0.2, 0) is 14.8 Å². The van der Waals surface area contributed by atoms with Crippen LogP contribution in [0.4, 0.5) is 0 Å². The summed E-state index contributed by atoms with van der Waals surface area (Å²) in [7, 11) is -3.42. The summed E-state index contributed by atoms with van der Waals surface area (Å²) in [6, 6.07) is 0.355. The molecule has 5 nitrogen and oxygen atoms in total. The van der Waals surface area contributed by atoms with E-state index in [2.05, 4.69) is 12.2 Å². The molecule has 0 unspecified atom stereocenters. The number of hydrogen-bond acceptors (Lipinski definition) is 4. The van der Waals surface area contributed by atoms with Gasteiger partial charge in [0.25, 0.3) is 15.9 Å². The molecule has 1 aliphatic heterocycles. The molecule has 110 valence electrons. The molecule has 0 aromatic heterocycles. The molecule has 2 rings (SSSR count). The van der Waals surface area contributed by atoms with Crippen LogP contribution in [-0.4, -0.2) is 42.0 Å². The highest BCUT2D eigenvalue weighted by Crippen LogP contribution is 2.40. The highest BCUT2D eigenvalue weighted by atomic mass is 32.2. The molecule has 0 atom stereocenters. The highest BCUT2D eigenvalue weighted by molar-refractivity contribution is 7.94. The van der Waals surface area contributed by atoms with Gasteiger partial charge in [0.2, 0.25) is 0 Å². The van der Waals surface area contributed by atoms with E-state index < -0.39 is 14.8 Å². The second kappa shape index (κ2) is 5.05. The largest absolute Gasteiger partial charge is 0.314 e. The summed E-state index contributed by atoms with van der Waals surface area (Å²) < 4.78 is 24.2. The van der Waals surface area contributed by atoms with Crippen LogP contribution in [0.1, 0.15) is 52.9 Å². The Hall–Kier alpha value is -0.620. The lowest BCUT2D eigenvalue weighted by atomic mass is 9.90. The van der Waals surface area contributed by atoms with Crippen molar-refractivity contribution in [2.75, 3.05) is 6.54 Å². The first-order chi connectivity index (χ1) is 8.82. The Labute approximate surface area is 115 Å². The van der Waals surface area contributed by atoms with Crippen molar-refractivity contribution < 1.29 is 13.2 Å². The minimum atomic E-state index is -3.42. The van der Waals surface area contributed by atoms with Gasteiger partial charge in [0, 0.05) is 12.1 Å². The molecule has 19 heavy (non-hydrogen) atoms. The molecule has 2 fully saturated rings. The molecule has 2 aliphatic rings. The lowest BCUT2D eigenvalue weighted by Gasteiger charge is -2.48. The Morgan fingerprint density at radius 1 is 1.26 bits per heavy atom. The van der Waals surface area contributed by atoms with Crippen LogP contribution in [0.5, 0.6) is 0 Å². The molecule has 1 amide bonds. The van der Waals surface area contributed by atoms with Crippen LogP contribution in [0, 0.1) is 0 Å². The fourth-order valence-electron chi connectivity index (χ4n) is 2.92. The van der Waals surface area contributed by atoms with Crippen LogP contribution in [0.2, 0.25) is 0 Å². The first-order valence-corrected chi connectivity index (χ1v) is 8.58. The maximum absolute atomic E-state index is 12.1. The first kappa shape index (κ1) is 14.8. The summed E-state index contributed by atoms with van der Waals surface area (Å²) in [6.07, 6.45) is 4.56. The summed E-state index contributed by atoms with van der Waals surface area (Å²) in [4.78, 5) is 12.0. The third-order valence-corrected chi connectivity index (χ3v) is 6.78. The van der Waals surface area contributed by atoms with Crippen molar-refractivity contribution in [2.24, 2.45) is 0 Å². The van der Waals surface area contributed by atoms with Crippen LogP contribution in [0.25, 0.3) is 0 Å². The van der Waals surface area contributed by atoms with Crippen LogP contribution in [0.3, 0.4) is 0 Å². The van der Waals surface area contributed by atoms with Crippen molar-refractivity contribution in [3.63, 3.8) is 0 Å². The zero-order valence-corrected chi connectivity index (χ0v) is 12.8. The molecule has 1 aliphatic carbocycles. The molecule has 1 saturated carbocycles. The van der Waals surface area contributed by atoms with E-state index in [0.717, 1.165) is 43.0 Å². The molecule has 0 bridgehead atoms. The van der Waals surface area contributed by atoms with E-state index in [9.17, 15) is 13.2 Å². The number of carbonyl (C=O) groups is 1. The SMILES string of the molecule is CCCNC1CCC(N2C(=O)C(C)(C)S2(=O)=O)CC1. The van der Waals surface area contributed by atoms with Gasteiger partial charge in [-0.15, -0.1) is 0 Å².